The lowest BCUT2D eigenvalue weighted by Gasteiger charge is -2.42. The maximum Gasteiger partial charge on any atom is 0.131 e. The van der Waals surface area contributed by atoms with Crippen LogP contribution in [0.2, 0.25) is 0 Å². The second-order valence-electron chi connectivity index (χ2n) is 7.26. The minimum Gasteiger partial charge on any atom is -0.353 e. The van der Waals surface area contributed by atoms with Gasteiger partial charge >= 0.3 is 0 Å². The molecule has 0 radical (unpaired) electrons. The van der Waals surface area contributed by atoms with Crippen molar-refractivity contribution in [2.45, 2.75) is 66.6 Å². The van der Waals surface area contributed by atoms with E-state index >= 15 is 0 Å². The van der Waals surface area contributed by atoms with Gasteiger partial charge in [-0.2, -0.15) is 5.10 Å². The quantitative estimate of drug-likeness (QED) is 0.925. The first kappa shape index (κ1) is 16.3. The summed E-state index contributed by atoms with van der Waals surface area (Å²) < 4.78 is 2.08. The molecule has 2 heterocycles. The van der Waals surface area contributed by atoms with Crippen LogP contribution in [0.25, 0.3) is 0 Å². The molecule has 0 spiro atoms. The summed E-state index contributed by atoms with van der Waals surface area (Å²) >= 11 is 0. The van der Waals surface area contributed by atoms with Crippen LogP contribution >= 0.6 is 0 Å². The van der Waals surface area contributed by atoms with Crippen molar-refractivity contribution in [2.75, 3.05) is 11.4 Å². The summed E-state index contributed by atoms with van der Waals surface area (Å²) in [6, 6.07) is 1.07. The largest absolute Gasteiger partial charge is 0.353 e. The van der Waals surface area contributed by atoms with Gasteiger partial charge in [0, 0.05) is 37.8 Å². The molecule has 1 aromatic heterocycles. The Morgan fingerprint density at radius 3 is 2.57 bits per heavy atom. The van der Waals surface area contributed by atoms with E-state index in [0.717, 1.165) is 30.6 Å². The van der Waals surface area contributed by atoms with Gasteiger partial charge in [0.15, 0.2) is 0 Å². The summed E-state index contributed by atoms with van der Waals surface area (Å²) in [5, 5.41) is 8.24. The number of anilines is 1. The monoisotopic (exact) mass is 292 g/mol. The Labute approximate surface area is 129 Å². The van der Waals surface area contributed by atoms with Crippen molar-refractivity contribution in [3.05, 3.63) is 11.3 Å². The van der Waals surface area contributed by atoms with E-state index in [1.165, 1.54) is 17.8 Å². The summed E-state index contributed by atoms with van der Waals surface area (Å²) in [5.74, 6) is 2.79. The van der Waals surface area contributed by atoms with Gasteiger partial charge < -0.3 is 10.2 Å². The number of nitrogens with zero attached hydrogens (tertiary/aromatic N) is 3. The Kier molecular flexibility index (Phi) is 4.97. The third-order valence-electron chi connectivity index (χ3n) is 4.87. The standard InChI is InChI=1S/C17H32N4/c1-11(2)18-9-16-14(5)19-20(7)17(16)21-10-12(3)8-13(4)15(21)6/h11-13,15,18H,8-10H2,1-7H3. The molecular weight excluding hydrogens is 260 g/mol. The molecule has 0 bridgehead atoms. The lowest BCUT2D eigenvalue weighted by atomic mass is 9.86. The van der Waals surface area contributed by atoms with Gasteiger partial charge in [-0.1, -0.05) is 27.7 Å². The van der Waals surface area contributed by atoms with Crippen LogP contribution in [0.15, 0.2) is 0 Å². The molecule has 4 heteroatoms. The minimum absolute atomic E-state index is 0.495. The van der Waals surface area contributed by atoms with Gasteiger partial charge in [0.05, 0.1) is 5.69 Å². The van der Waals surface area contributed by atoms with Crippen molar-refractivity contribution in [1.29, 1.82) is 0 Å². The van der Waals surface area contributed by atoms with Crippen molar-refractivity contribution < 1.29 is 0 Å². The Hall–Kier alpha value is -1.03. The number of nitrogens with one attached hydrogen (secondary N) is 1. The molecule has 0 aromatic carbocycles. The van der Waals surface area contributed by atoms with E-state index in [4.69, 9.17) is 0 Å². The van der Waals surface area contributed by atoms with Crippen molar-refractivity contribution in [1.82, 2.24) is 15.1 Å². The topological polar surface area (TPSA) is 33.1 Å². The third kappa shape index (κ3) is 3.42. The number of hydrogen-bond acceptors (Lipinski definition) is 3. The van der Waals surface area contributed by atoms with Crippen LogP contribution in [0.4, 0.5) is 5.82 Å². The van der Waals surface area contributed by atoms with Crippen LogP contribution in [-0.2, 0) is 13.6 Å². The number of aromatic nitrogens is 2. The Morgan fingerprint density at radius 2 is 1.95 bits per heavy atom. The zero-order valence-corrected chi connectivity index (χ0v) is 14.8. The van der Waals surface area contributed by atoms with Gasteiger partial charge in [-0.05, 0) is 32.1 Å². The third-order valence-corrected chi connectivity index (χ3v) is 4.87. The SMILES string of the molecule is Cc1nn(C)c(N2CC(C)CC(C)C2C)c1CNC(C)C. The number of piperidine rings is 1. The van der Waals surface area contributed by atoms with Crippen molar-refractivity contribution >= 4 is 5.82 Å². The first-order valence-electron chi connectivity index (χ1n) is 8.33. The number of aryl methyl sites for hydroxylation is 2. The molecule has 120 valence electrons. The minimum atomic E-state index is 0.495. The highest BCUT2D eigenvalue weighted by Crippen LogP contribution is 2.34. The summed E-state index contributed by atoms with van der Waals surface area (Å²) in [6.07, 6.45) is 1.33. The molecule has 4 nitrogen and oxygen atoms in total. The van der Waals surface area contributed by atoms with E-state index in [0.29, 0.717) is 12.1 Å². The van der Waals surface area contributed by atoms with E-state index in [-0.39, 0.29) is 0 Å². The highest BCUT2D eigenvalue weighted by molar-refractivity contribution is 5.51. The molecule has 1 aliphatic heterocycles. The molecule has 3 atom stereocenters. The van der Waals surface area contributed by atoms with Gasteiger partial charge in [0.25, 0.3) is 0 Å². The normalized spacial score (nSPS) is 26.7. The summed E-state index contributed by atoms with van der Waals surface area (Å²) in [7, 11) is 2.08. The van der Waals surface area contributed by atoms with E-state index in [1.54, 1.807) is 0 Å². The fraction of sp³-hybridized carbons (Fsp3) is 0.824. The van der Waals surface area contributed by atoms with E-state index in [1.807, 2.05) is 0 Å². The first-order valence-corrected chi connectivity index (χ1v) is 8.33. The average Bonchev–Trinajstić information content (AvgIpc) is 2.65. The summed E-state index contributed by atoms with van der Waals surface area (Å²) in [4.78, 5) is 2.58. The van der Waals surface area contributed by atoms with Gasteiger partial charge in [-0.25, -0.2) is 0 Å². The van der Waals surface area contributed by atoms with Crippen LogP contribution in [0, 0.1) is 18.8 Å². The molecule has 0 amide bonds. The fourth-order valence-electron chi connectivity index (χ4n) is 3.56. The molecule has 1 saturated heterocycles. The fourth-order valence-corrected chi connectivity index (χ4v) is 3.56. The Bertz CT molecular complexity index is 477. The molecule has 0 saturated carbocycles. The zero-order chi connectivity index (χ0) is 15.7. The lowest BCUT2D eigenvalue weighted by molar-refractivity contribution is 0.293. The van der Waals surface area contributed by atoms with Crippen molar-refractivity contribution in [3.8, 4) is 0 Å². The number of hydrogen-bond donors (Lipinski definition) is 1. The molecule has 1 aliphatic rings. The average molecular weight is 292 g/mol. The molecule has 21 heavy (non-hydrogen) atoms. The smallest absolute Gasteiger partial charge is 0.131 e. The van der Waals surface area contributed by atoms with E-state index < -0.39 is 0 Å². The van der Waals surface area contributed by atoms with Crippen molar-refractivity contribution in [3.63, 3.8) is 0 Å². The first-order chi connectivity index (χ1) is 9.81. The Balaban J connectivity index is 2.33. The van der Waals surface area contributed by atoms with E-state index in [2.05, 4.69) is 68.6 Å². The van der Waals surface area contributed by atoms with Gasteiger partial charge in [-0.15, -0.1) is 0 Å². The highest BCUT2D eigenvalue weighted by atomic mass is 15.4. The molecule has 0 aliphatic carbocycles. The predicted molar refractivity (Wildman–Crippen MR) is 89.7 cm³/mol. The van der Waals surface area contributed by atoms with Gasteiger partial charge in [0.1, 0.15) is 5.82 Å². The van der Waals surface area contributed by atoms with Crippen molar-refractivity contribution in [2.24, 2.45) is 18.9 Å². The molecule has 3 unspecified atom stereocenters. The van der Waals surface area contributed by atoms with Crippen LogP contribution in [0.3, 0.4) is 0 Å². The van der Waals surface area contributed by atoms with Crippen LogP contribution < -0.4 is 10.2 Å². The molecule has 1 fully saturated rings. The Morgan fingerprint density at radius 1 is 1.29 bits per heavy atom. The van der Waals surface area contributed by atoms with E-state index in [9.17, 15) is 0 Å². The summed E-state index contributed by atoms with van der Waals surface area (Å²) in [6.45, 7) is 15.7. The predicted octanol–water partition coefficient (Wildman–Crippen LogP) is 3.10. The highest BCUT2D eigenvalue weighted by Gasteiger charge is 2.32. The van der Waals surface area contributed by atoms with Crippen LogP contribution in [0.1, 0.15) is 52.3 Å². The van der Waals surface area contributed by atoms with Gasteiger partial charge in [0.2, 0.25) is 0 Å². The second kappa shape index (κ2) is 6.39. The zero-order valence-electron chi connectivity index (χ0n) is 14.8. The summed E-state index contributed by atoms with van der Waals surface area (Å²) in [5.41, 5.74) is 2.51. The maximum absolute atomic E-state index is 4.68. The molecule has 1 N–H and O–H groups in total. The lowest BCUT2D eigenvalue weighted by Crippen LogP contribution is -2.47. The van der Waals surface area contributed by atoms with Crippen LogP contribution in [-0.4, -0.2) is 28.4 Å². The molecule has 1 aromatic rings. The van der Waals surface area contributed by atoms with Crippen LogP contribution in [0.5, 0.6) is 0 Å². The molecule has 2 rings (SSSR count). The maximum atomic E-state index is 4.68. The van der Waals surface area contributed by atoms with Gasteiger partial charge in [-0.3, -0.25) is 4.68 Å². The second-order valence-corrected chi connectivity index (χ2v) is 7.26. The molecular formula is C17H32N4. The number of rotatable bonds is 4.